The average molecular weight is 542 g/mol. The van der Waals surface area contributed by atoms with Crippen LogP contribution in [-0.4, -0.2) is 25.7 Å². The lowest BCUT2D eigenvalue weighted by Gasteiger charge is -2.14. The summed E-state index contributed by atoms with van der Waals surface area (Å²) in [6, 6.07) is 8.04. The molecule has 0 atom stereocenters. The zero-order chi connectivity index (χ0) is 27.4. The molecule has 0 spiro atoms. The maximum absolute atomic E-state index is 12.3. The number of amides is 1. The van der Waals surface area contributed by atoms with E-state index in [1.54, 1.807) is 4.63 Å². The lowest BCUT2D eigenvalue weighted by atomic mass is 9.92. The van der Waals surface area contributed by atoms with Gasteiger partial charge in [0.25, 0.3) is 0 Å². The molecule has 0 saturated carbocycles. The number of aromatic amines is 1. The van der Waals surface area contributed by atoms with Crippen LogP contribution in [-0.2, 0) is 16.8 Å². The second-order valence-corrected chi connectivity index (χ2v) is 12.1. The molecule has 3 rings (SSSR count). The molecule has 0 saturated heterocycles. The van der Waals surface area contributed by atoms with E-state index in [1.807, 2.05) is 24.3 Å². The summed E-state index contributed by atoms with van der Waals surface area (Å²) in [4.78, 5) is 15.7. The molecule has 0 radical (unpaired) electrons. The summed E-state index contributed by atoms with van der Waals surface area (Å²) < 4.78 is 1.57. The highest BCUT2D eigenvalue weighted by Crippen LogP contribution is 2.31. The van der Waals surface area contributed by atoms with Gasteiger partial charge in [0.2, 0.25) is 5.91 Å². The summed E-state index contributed by atoms with van der Waals surface area (Å²) >= 11 is 6.57. The molecule has 7 heteroatoms. The number of aromatic nitrogens is 4. The first-order valence-corrected chi connectivity index (χ1v) is 15.2. The lowest BCUT2D eigenvalue weighted by molar-refractivity contribution is -0.121. The number of carbonyl (C=O) groups is 1. The van der Waals surface area contributed by atoms with Gasteiger partial charge in [0, 0.05) is 23.9 Å². The van der Waals surface area contributed by atoms with Gasteiger partial charge >= 0.3 is 0 Å². The molecule has 6 nitrogen and oxygen atoms in total. The van der Waals surface area contributed by atoms with Gasteiger partial charge in [0.05, 0.1) is 5.69 Å². The van der Waals surface area contributed by atoms with Crippen molar-refractivity contribution in [3.63, 3.8) is 0 Å². The van der Waals surface area contributed by atoms with Crippen molar-refractivity contribution in [3.05, 3.63) is 40.5 Å². The number of hydrogen-bond donors (Lipinski definition) is 2. The Morgan fingerprint density at radius 2 is 1.53 bits per heavy atom. The maximum Gasteiger partial charge on any atom is 0.220 e. The van der Waals surface area contributed by atoms with Crippen LogP contribution in [0.15, 0.2) is 24.3 Å². The Kier molecular flexibility index (Phi) is 12.2. The van der Waals surface area contributed by atoms with Crippen LogP contribution in [0.1, 0.15) is 129 Å². The molecule has 1 amide bonds. The fourth-order valence-electron chi connectivity index (χ4n) is 4.83. The van der Waals surface area contributed by atoms with Crippen LogP contribution in [0.3, 0.4) is 0 Å². The van der Waals surface area contributed by atoms with Crippen LogP contribution in [0.2, 0.25) is 5.02 Å². The minimum absolute atomic E-state index is 0.122. The van der Waals surface area contributed by atoms with Gasteiger partial charge in [0.15, 0.2) is 11.5 Å². The molecule has 2 N–H and O–H groups in total. The van der Waals surface area contributed by atoms with Crippen molar-refractivity contribution in [2.45, 2.75) is 130 Å². The van der Waals surface area contributed by atoms with Crippen molar-refractivity contribution in [3.8, 4) is 11.4 Å². The van der Waals surface area contributed by atoms with E-state index in [0.29, 0.717) is 29.5 Å². The number of hydrogen-bond acceptors (Lipinski definition) is 3. The quantitative estimate of drug-likeness (QED) is 0.168. The largest absolute Gasteiger partial charge is 0.352 e. The normalized spacial score (nSPS) is 11.9. The van der Waals surface area contributed by atoms with Gasteiger partial charge in [-0.3, -0.25) is 4.79 Å². The van der Waals surface area contributed by atoms with Crippen molar-refractivity contribution in [1.82, 2.24) is 25.1 Å². The van der Waals surface area contributed by atoms with Crippen LogP contribution >= 0.6 is 11.6 Å². The van der Waals surface area contributed by atoms with E-state index < -0.39 is 0 Å². The predicted molar refractivity (Wildman–Crippen MR) is 159 cm³/mol. The summed E-state index contributed by atoms with van der Waals surface area (Å²) in [5, 5.41) is 12.8. The molecule has 2 aromatic heterocycles. The Morgan fingerprint density at radius 3 is 2.11 bits per heavy atom. The molecule has 3 aromatic rings. The number of halogens is 1. The highest BCUT2D eigenvalue weighted by Gasteiger charge is 2.25. The molecule has 0 aliphatic heterocycles. The summed E-state index contributed by atoms with van der Waals surface area (Å²) in [5.74, 6) is 0.825. The first-order chi connectivity index (χ1) is 18.3. The van der Waals surface area contributed by atoms with E-state index in [2.05, 4.69) is 48.2 Å². The molecule has 0 fully saturated rings. The number of fused-ring (bicyclic) bond motifs is 1. The summed E-state index contributed by atoms with van der Waals surface area (Å²) in [6.07, 6.45) is 17.7. The summed E-state index contributed by atoms with van der Waals surface area (Å²) in [6.45, 7) is 9.03. The number of rotatable bonds is 17. The molecule has 0 aliphatic rings. The molecule has 1 aromatic carbocycles. The standard InChI is InChI=1S/C31H48ClN5O/c1-5-6-7-8-9-10-11-12-13-14-15-16-17-21-26(38)33-23-24-19-18-20-25(22-24)29-34-30-27(32)28(31(2,3)4)35-37(30)36-29/h18-20,22H,5-17,21,23H2,1-4H3,(H,33,38)(H,34,36). The third-order valence-electron chi connectivity index (χ3n) is 7.15. The average Bonchev–Trinajstić information content (AvgIpc) is 3.45. The third kappa shape index (κ3) is 9.44. The number of unbranched alkanes of at least 4 members (excludes halogenated alkanes) is 12. The van der Waals surface area contributed by atoms with Crippen LogP contribution in [0.25, 0.3) is 17.0 Å². The lowest BCUT2D eigenvalue weighted by Crippen LogP contribution is -2.22. The molecule has 38 heavy (non-hydrogen) atoms. The zero-order valence-corrected chi connectivity index (χ0v) is 24.8. The summed E-state index contributed by atoms with van der Waals surface area (Å²) in [5.41, 5.74) is 3.34. The van der Waals surface area contributed by atoms with Crippen molar-refractivity contribution >= 4 is 23.2 Å². The third-order valence-corrected chi connectivity index (χ3v) is 7.51. The SMILES string of the molecule is CCCCCCCCCCCCCCCC(=O)NCc1cccc(-c2nn3nc(C(C)(C)C)c(Cl)c3[nH]2)c1. The minimum atomic E-state index is -0.156. The Labute approximate surface area is 234 Å². The highest BCUT2D eigenvalue weighted by molar-refractivity contribution is 6.34. The van der Waals surface area contributed by atoms with Gasteiger partial charge in [-0.25, -0.2) is 0 Å². The van der Waals surface area contributed by atoms with Crippen LogP contribution in [0.4, 0.5) is 0 Å². The molecule has 0 unspecified atom stereocenters. The number of nitrogens with one attached hydrogen (secondary N) is 2. The van der Waals surface area contributed by atoms with Gasteiger partial charge in [0.1, 0.15) is 5.02 Å². The first kappa shape index (κ1) is 30.2. The second-order valence-electron chi connectivity index (χ2n) is 11.7. The van der Waals surface area contributed by atoms with Crippen LogP contribution < -0.4 is 5.32 Å². The molecule has 0 aliphatic carbocycles. The number of benzene rings is 1. The molecular weight excluding hydrogens is 494 g/mol. The first-order valence-electron chi connectivity index (χ1n) is 14.8. The molecule has 2 heterocycles. The molecular formula is C31H48ClN5O. The highest BCUT2D eigenvalue weighted by atomic mass is 35.5. The Hall–Kier alpha value is -2.34. The molecule has 210 valence electrons. The van der Waals surface area contributed by atoms with Gasteiger partial charge in [-0.15, -0.1) is 9.73 Å². The Balaban J connectivity index is 1.32. The Morgan fingerprint density at radius 1 is 0.921 bits per heavy atom. The number of H-pyrrole nitrogens is 1. The topological polar surface area (TPSA) is 75.1 Å². The monoisotopic (exact) mass is 541 g/mol. The zero-order valence-electron chi connectivity index (χ0n) is 24.0. The molecule has 0 bridgehead atoms. The van der Waals surface area contributed by atoms with Crippen LogP contribution in [0.5, 0.6) is 0 Å². The van der Waals surface area contributed by atoms with Gasteiger partial charge in [-0.2, -0.15) is 5.10 Å². The smallest absolute Gasteiger partial charge is 0.220 e. The number of nitrogens with zero attached hydrogens (tertiary/aromatic N) is 3. The van der Waals surface area contributed by atoms with Gasteiger partial charge in [-0.1, -0.05) is 135 Å². The fourth-order valence-corrected chi connectivity index (χ4v) is 5.27. The van der Waals surface area contributed by atoms with Crippen molar-refractivity contribution in [2.24, 2.45) is 0 Å². The predicted octanol–water partition coefficient (Wildman–Crippen LogP) is 8.77. The van der Waals surface area contributed by atoms with Crippen molar-refractivity contribution in [1.29, 1.82) is 0 Å². The maximum atomic E-state index is 12.3. The number of carbonyl (C=O) groups excluding carboxylic acids is 1. The second kappa shape index (κ2) is 15.3. The van der Waals surface area contributed by atoms with Crippen LogP contribution in [0, 0.1) is 0 Å². The summed E-state index contributed by atoms with van der Waals surface area (Å²) in [7, 11) is 0. The van der Waals surface area contributed by atoms with Gasteiger partial charge in [-0.05, 0) is 18.1 Å². The van der Waals surface area contributed by atoms with Crippen molar-refractivity contribution in [2.75, 3.05) is 0 Å². The Bertz CT molecular complexity index is 1130. The van der Waals surface area contributed by atoms with E-state index in [-0.39, 0.29) is 11.3 Å². The van der Waals surface area contributed by atoms with E-state index in [9.17, 15) is 4.79 Å². The fraction of sp³-hybridized carbons (Fsp3) is 0.645. The van der Waals surface area contributed by atoms with E-state index in [4.69, 9.17) is 11.6 Å². The van der Waals surface area contributed by atoms with Gasteiger partial charge < -0.3 is 10.3 Å². The van der Waals surface area contributed by atoms with E-state index in [1.165, 1.54) is 70.6 Å². The van der Waals surface area contributed by atoms with E-state index >= 15 is 0 Å². The minimum Gasteiger partial charge on any atom is -0.352 e. The van der Waals surface area contributed by atoms with Crippen molar-refractivity contribution < 1.29 is 4.79 Å². The van der Waals surface area contributed by atoms with E-state index in [0.717, 1.165) is 29.7 Å².